The maximum atomic E-state index is 14.6. The van der Waals surface area contributed by atoms with Crippen molar-refractivity contribution < 1.29 is 18.0 Å². The molecule has 0 radical (unpaired) electrons. The molecule has 1 fully saturated rings. The third-order valence-corrected chi connectivity index (χ3v) is 5.81. The summed E-state index contributed by atoms with van der Waals surface area (Å²) in [5, 5.41) is 4.53. The molecule has 0 spiro atoms. The molecule has 5 nitrogen and oxygen atoms in total. The number of hydrogen-bond acceptors (Lipinski definition) is 2. The molecule has 0 atom stereocenters. The molecule has 8 heteroatoms. The predicted octanol–water partition coefficient (Wildman–Crippen LogP) is 5.25. The summed E-state index contributed by atoms with van der Waals surface area (Å²) in [6.45, 7) is 0.171. The second-order valence-electron chi connectivity index (χ2n) is 8.01. The third kappa shape index (κ3) is 3.45. The van der Waals surface area contributed by atoms with E-state index in [0.29, 0.717) is 4.68 Å². The molecular formula is C24H21F3N4O. The number of amides is 1. The highest BCUT2D eigenvalue weighted by atomic mass is 19.3. The molecule has 1 amide bonds. The van der Waals surface area contributed by atoms with E-state index in [2.05, 4.69) is 5.10 Å². The number of carbonyl (C=O) groups is 1. The largest absolute Gasteiger partial charge is 0.330 e. The lowest BCUT2D eigenvalue weighted by Gasteiger charge is -2.23. The average molecular weight is 438 g/mol. The van der Waals surface area contributed by atoms with Crippen molar-refractivity contribution in [3.63, 3.8) is 0 Å². The molecule has 0 aliphatic heterocycles. The Morgan fingerprint density at radius 1 is 1.12 bits per heavy atom. The molecule has 1 saturated carbocycles. The zero-order chi connectivity index (χ0) is 22.4. The van der Waals surface area contributed by atoms with Gasteiger partial charge in [0.2, 0.25) is 5.95 Å². The molecule has 5 rings (SSSR count). The van der Waals surface area contributed by atoms with E-state index in [1.807, 2.05) is 65.2 Å². The third-order valence-electron chi connectivity index (χ3n) is 5.81. The molecule has 0 saturated heterocycles. The van der Waals surface area contributed by atoms with E-state index in [1.54, 1.807) is 0 Å². The second kappa shape index (κ2) is 7.85. The molecule has 2 aromatic carbocycles. The Bertz CT molecular complexity index is 1290. The van der Waals surface area contributed by atoms with Crippen molar-refractivity contribution in [3.8, 4) is 5.69 Å². The van der Waals surface area contributed by atoms with Crippen LogP contribution in [0.25, 0.3) is 16.6 Å². The Hall–Kier alpha value is -3.55. The van der Waals surface area contributed by atoms with Crippen LogP contribution in [0.1, 0.15) is 41.0 Å². The normalized spacial score (nSPS) is 13.8. The highest BCUT2D eigenvalue weighted by Crippen LogP contribution is 2.34. The molecule has 4 aromatic rings. The minimum atomic E-state index is -3.04. The first-order valence-electron chi connectivity index (χ1n) is 10.4. The Balaban J connectivity index is 1.59. The summed E-state index contributed by atoms with van der Waals surface area (Å²) in [7, 11) is 1.22. The number of para-hydroxylation sites is 2. The topological polar surface area (TPSA) is 43.1 Å². The SMILES string of the molecule is Cn1nc(C(F)F)c(C(=O)N(Cc2cc3ccccc3n2-c2ccccc2)C2CC2)c1F. The summed E-state index contributed by atoms with van der Waals surface area (Å²) in [4.78, 5) is 14.8. The van der Waals surface area contributed by atoms with Crippen molar-refractivity contribution in [2.45, 2.75) is 31.9 Å². The van der Waals surface area contributed by atoms with Crippen LogP contribution in [-0.4, -0.2) is 31.2 Å². The van der Waals surface area contributed by atoms with Crippen LogP contribution in [0.2, 0.25) is 0 Å². The number of carbonyl (C=O) groups excluding carboxylic acids is 1. The van der Waals surface area contributed by atoms with E-state index in [-0.39, 0.29) is 12.6 Å². The number of benzene rings is 2. The Morgan fingerprint density at radius 2 is 1.81 bits per heavy atom. The van der Waals surface area contributed by atoms with Gasteiger partial charge in [0, 0.05) is 29.9 Å². The smallest absolute Gasteiger partial charge is 0.283 e. The van der Waals surface area contributed by atoms with Crippen LogP contribution >= 0.6 is 0 Å². The van der Waals surface area contributed by atoms with E-state index in [4.69, 9.17) is 0 Å². The summed E-state index contributed by atoms with van der Waals surface area (Å²) >= 11 is 0. The summed E-state index contributed by atoms with van der Waals surface area (Å²) in [5.41, 5.74) is 1.26. The number of nitrogens with zero attached hydrogens (tertiary/aromatic N) is 4. The summed E-state index contributed by atoms with van der Waals surface area (Å²) in [5.74, 6) is -1.79. The van der Waals surface area contributed by atoms with E-state index in [0.717, 1.165) is 35.1 Å². The standard InChI is InChI=1S/C24H21F3N4O/c1-29-23(27)20(21(28-29)22(25)26)24(32)30(16-11-12-16)14-18-13-15-7-5-6-10-19(15)31(18)17-8-3-2-4-9-17/h2-10,13,16,22H,11-12,14H2,1H3. The van der Waals surface area contributed by atoms with Crippen molar-refractivity contribution in [1.82, 2.24) is 19.2 Å². The first kappa shape index (κ1) is 20.4. The van der Waals surface area contributed by atoms with Crippen LogP contribution in [0.15, 0.2) is 60.7 Å². The Labute approximate surface area is 182 Å². The van der Waals surface area contributed by atoms with Crippen molar-refractivity contribution in [2.24, 2.45) is 7.05 Å². The van der Waals surface area contributed by atoms with E-state index in [9.17, 15) is 18.0 Å². The van der Waals surface area contributed by atoms with Gasteiger partial charge >= 0.3 is 0 Å². The molecular weight excluding hydrogens is 417 g/mol. The van der Waals surface area contributed by atoms with Crippen LogP contribution in [0.5, 0.6) is 0 Å². The minimum absolute atomic E-state index is 0.116. The van der Waals surface area contributed by atoms with Gasteiger partial charge in [0.25, 0.3) is 12.3 Å². The summed E-state index contributed by atoms with van der Waals surface area (Å²) < 4.78 is 44.4. The Morgan fingerprint density at radius 3 is 2.50 bits per heavy atom. The van der Waals surface area contributed by atoms with Crippen LogP contribution in [-0.2, 0) is 13.6 Å². The van der Waals surface area contributed by atoms with Gasteiger partial charge < -0.3 is 9.47 Å². The molecule has 2 aromatic heterocycles. The van der Waals surface area contributed by atoms with Crippen molar-refractivity contribution >= 4 is 16.8 Å². The van der Waals surface area contributed by atoms with E-state index in [1.165, 1.54) is 11.9 Å². The van der Waals surface area contributed by atoms with Crippen LogP contribution in [0, 0.1) is 5.95 Å². The lowest BCUT2D eigenvalue weighted by molar-refractivity contribution is 0.0709. The van der Waals surface area contributed by atoms with E-state index < -0.39 is 29.5 Å². The summed E-state index contributed by atoms with van der Waals surface area (Å²) in [6, 6.07) is 19.4. The summed E-state index contributed by atoms with van der Waals surface area (Å²) in [6.07, 6.45) is -1.53. The zero-order valence-corrected chi connectivity index (χ0v) is 17.4. The quantitative estimate of drug-likeness (QED) is 0.413. The van der Waals surface area contributed by atoms with Gasteiger partial charge in [0.15, 0.2) is 0 Å². The number of halogens is 3. The van der Waals surface area contributed by atoms with Gasteiger partial charge in [-0.2, -0.15) is 9.49 Å². The monoisotopic (exact) mass is 438 g/mol. The molecule has 32 heavy (non-hydrogen) atoms. The van der Waals surface area contributed by atoms with Gasteiger partial charge in [0.1, 0.15) is 11.3 Å². The van der Waals surface area contributed by atoms with Gasteiger partial charge in [-0.25, -0.2) is 13.5 Å². The van der Waals surface area contributed by atoms with Gasteiger partial charge in [-0.05, 0) is 37.1 Å². The molecule has 1 aliphatic rings. The second-order valence-corrected chi connectivity index (χ2v) is 8.01. The Kier molecular flexibility index (Phi) is 5.00. The number of aromatic nitrogens is 3. The highest BCUT2D eigenvalue weighted by Gasteiger charge is 2.38. The van der Waals surface area contributed by atoms with E-state index >= 15 is 0 Å². The lowest BCUT2D eigenvalue weighted by atomic mass is 10.2. The maximum absolute atomic E-state index is 14.6. The molecule has 0 bridgehead atoms. The number of alkyl halides is 2. The van der Waals surface area contributed by atoms with Crippen molar-refractivity contribution in [1.29, 1.82) is 0 Å². The fourth-order valence-electron chi connectivity index (χ4n) is 4.15. The fourth-order valence-corrected chi connectivity index (χ4v) is 4.15. The van der Waals surface area contributed by atoms with Gasteiger partial charge in [0.05, 0.1) is 12.1 Å². The first-order valence-corrected chi connectivity index (χ1v) is 10.4. The van der Waals surface area contributed by atoms with Gasteiger partial charge in [-0.1, -0.05) is 36.4 Å². The maximum Gasteiger partial charge on any atom is 0.283 e. The number of hydrogen-bond donors (Lipinski definition) is 0. The fraction of sp³-hybridized carbons (Fsp3) is 0.250. The van der Waals surface area contributed by atoms with Crippen LogP contribution in [0.3, 0.4) is 0 Å². The zero-order valence-electron chi connectivity index (χ0n) is 17.4. The molecule has 0 N–H and O–H groups in total. The van der Waals surface area contributed by atoms with Crippen molar-refractivity contribution in [3.05, 3.63) is 83.6 Å². The number of aryl methyl sites for hydroxylation is 1. The van der Waals surface area contributed by atoms with Crippen LogP contribution < -0.4 is 0 Å². The minimum Gasteiger partial charge on any atom is -0.330 e. The average Bonchev–Trinajstić information content (AvgIpc) is 3.50. The molecule has 0 unspecified atom stereocenters. The molecule has 164 valence electrons. The lowest BCUT2D eigenvalue weighted by Crippen LogP contribution is -2.34. The number of fused-ring (bicyclic) bond motifs is 1. The van der Waals surface area contributed by atoms with Gasteiger partial charge in [-0.3, -0.25) is 4.79 Å². The van der Waals surface area contributed by atoms with Crippen LogP contribution in [0.4, 0.5) is 13.2 Å². The first-order chi connectivity index (χ1) is 15.5. The predicted molar refractivity (Wildman–Crippen MR) is 114 cm³/mol. The molecule has 1 aliphatic carbocycles. The molecule has 2 heterocycles. The van der Waals surface area contributed by atoms with Gasteiger partial charge in [-0.15, -0.1) is 0 Å². The number of rotatable bonds is 6. The highest BCUT2D eigenvalue weighted by molar-refractivity contribution is 5.96. The van der Waals surface area contributed by atoms with Crippen molar-refractivity contribution in [2.75, 3.05) is 0 Å².